The lowest BCUT2D eigenvalue weighted by Gasteiger charge is -2.33. The number of anilines is 1. The molecule has 3 aromatic carbocycles. The Morgan fingerprint density at radius 3 is 2.56 bits per heavy atom. The van der Waals surface area contributed by atoms with Crippen molar-refractivity contribution in [1.29, 1.82) is 0 Å². The largest absolute Gasteiger partial charge is 0.369 e. The average Bonchev–Trinajstić information content (AvgIpc) is 2.86. The Morgan fingerprint density at radius 2 is 1.83 bits per heavy atom. The highest BCUT2D eigenvalue weighted by molar-refractivity contribution is 7.91. The maximum atomic E-state index is 15.4. The fourth-order valence-electron chi connectivity index (χ4n) is 4.89. The van der Waals surface area contributed by atoms with Gasteiger partial charge in [0.1, 0.15) is 10.7 Å². The zero-order chi connectivity index (χ0) is 25.4. The van der Waals surface area contributed by atoms with Crippen LogP contribution in [0, 0.1) is 11.7 Å². The first-order valence-electron chi connectivity index (χ1n) is 11.9. The molecule has 1 aliphatic heterocycles. The highest BCUT2D eigenvalue weighted by atomic mass is 35.5. The SMILES string of the molecule is C[C@@H]1CCCN(c2cc3c(cc2F)c(=O)c(S(=O)(=O)c2cccc(Cl)c2)cn3Cc2ccccc2)C1. The van der Waals surface area contributed by atoms with Crippen LogP contribution in [0.3, 0.4) is 0 Å². The van der Waals surface area contributed by atoms with Crippen LogP contribution in [-0.4, -0.2) is 26.1 Å². The normalized spacial score (nSPS) is 16.4. The molecule has 0 amide bonds. The van der Waals surface area contributed by atoms with Gasteiger partial charge in [-0.3, -0.25) is 4.79 Å². The molecule has 0 aliphatic carbocycles. The average molecular weight is 525 g/mol. The maximum absolute atomic E-state index is 15.4. The Labute approximate surface area is 214 Å². The summed E-state index contributed by atoms with van der Waals surface area (Å²) in [5.41, 5.74) is 1.11. The van der Waals surface area contributed by atoms with Crippen LogP contribution in [0.5, 0.6) is 0 Å². The second-order valence-corrected chi connectivity index (χ2v) is 11.8. The van der Waals surface area contributed by atoms with Gasteiger partial charge in [-0.2, -0.15) is 0 Å². The summed E-state index contributed by atoms with van der Waals surface area (Å²) in [4.78, 5) is 15.0. The van der Waals surface area contributed by atoms with Crippen molar-refractivity contribution in [3.63, 3.8) is 0 Å². The van der Waals surface area contributed by atoms with Crippen LogP contribution in [-0.2, 0) is 16.4 Å². The Bertz CT molecular complexity index is 1600. The molecule has 0 saturated carbocycles. The summed E-state index contributed by atoms with van der Waals surface area (Å²) >= 11 is 6.03. The van der Waals surface area contributed by atoms with E-state index in [0.29, 0.717) is 23.7 Å². The lowest BCUT2D eigenvalue weighted by molar-refractivity contribution is 0.442. The fraction of sp³-hybridized carbons (Fsp3) is 0.250. The van der Waals surface area contributed by atoms with E-state index in [2.05, 4.69) is 6.92 Å². The van der Waals surface area contributed by atoms with E-state index in [1.807, 2.05) is 35.2 Å². The van der Waals surface area contributed by atoms with Gasteiger partial charge in [0.2, 0.25) is 15.3 Å². The predicted octanol–water partition coefficient (Wildman–Crippen LogP) is 5.91. The summed E-state index contributed by atoms with van der Waals surface area (Å²) in [5.74, 6) is -0.0946. The lowest BCUT2D eigenvalue weighted by Crippen LogP contribution is -2.35. The number of hydrogen-bond acceptors (Lipinski definition) is 4. The highest BCUT2D eigenvalue weighted by Crippen LogP contribution is 2.31. The summed E-state index contributed by atoms with van der Waals surface area (Å²) in [6.45, 7) is 3.92. The van der Waals surface area contributed by atoms with Crippen molar-refractivity contribution in [2.24, 2.45) is 5.92 Å². The summed E-state index contributed by atoms with van der Waals surface area (Å²) in [6, 6.07) is 18.2. The number of fused-ring (bicyclic) bond motifs is 1. The standard InChI is InChI=1S/C28H26ClFN2O3S/c1-19-7-6-12-31(16-19)26-15-25-23(14-24(26)30)28(33)27(18-32(25)17-20-8-3-2-4-9-20)36(34,35)22-11-5-10-21(29)13-22/h2-5,8-11,13-15,18-19H,6-7,12,16-17H2,1H3/t19-/m1/s1. The van der Waals surface area contributed by atoms with Crippen LogP contribution in [0.2, 0.25) is 5.02 Å². The van der Waals surface area contributed by atoms with Crippen molar-refractivity contribution in [3.05, 3.63) is 99.6 Å². The van der Waals surface area contributed by atoms with Crippen molar-refractivity contribution in [1.82, 2.24) is 4.57 Å². The second-order valence-electron chi connectivity index (χ2n) is 9.41. The summed E-state index contributed by atoms with van der Waals surface area (Å²) in [6.07, 6.45) is 3.43. The minimum absolute atomic E-state index is 0.0281. The van der Waals surface area contributed by atoms with E-state index < -0.39 is 26.0 Å². The summed E-state index contributed by atoms with van der Waals surface area (Å²) < 4.78 is 44.2. The van der Waals surface area contributed by atoms with Crippen molar-refractivity contribution in [3.8, 4) is 0 Å². The van der Waals surface area contributed by atoms with Crippen molar-refractivity contribution < 1.29 is 12.8 Å². The lowest BCUT2D eigenvalue weighted by atomic mass is 9.99. The van der Waals surface area contributed by atoms with Gasteiger partial charge in [-0.1, -0.05) is 54.9 Å². The molecule has 8 heteroatoms. The van der Waals surface area contributed by atoms with Crippen LogP contribution >= 0.6 is 11.6 Å². The van der Waals surface area contributed by atoms with E-state index in [9.17, 15) is 13.2 Å². The van der Waals surface area contributed by atoms with E-state index in [4.69, 9.17) is 11.6 Å². The van der Waals surface area contributed by atoms with Gasteiger partial charge >= 0.3 is 0 Å². The van der Waals surface area contributed by atoms with E-state index in [0.717, 1.165) is 31.5 Å². The molecule has 0 bridgehead atoms. The molecule has 4 aromatic rings. The third kappa shape index (κ3) is 4.65. The molecule has 36 heavy (non-hydrogen) atoms. The number of benzene rings is 3. The van der Waals surface area contributed by atoms with Gasteiger partial charge in [0, 0.05) is 30.9 Å². The number of pyridine rings is 1. The third-order valence-corrected chi connectivity index (χ3v) is 8.68. The molecule has 1 fully saturated rings. The Balaban J connectivity index is 1.74. The van der Waals surface area contributed by atoms with E-state index in [-0.39, 0.29) is 15.3 Å². The molecule has 186 valence electrons. The molecule has 5 nitrogen and oxygen atoms in total. The fourth-order valence-corrected chi connectivity index (χ4v) is 6.56. The van der Waals surface area contributed by atoms with E-state index >= 15 is 4.39 Å². The Kier molecular flexibility index (Phi) is 6.62. The molecular weight excluding hydrogens is 499 g/mol. The first-order chi connectivity index (χ1) is 17.2. The van der Waals surface area contributed by atoms with Gasteiger partial charge in [0.15, 0.2) is 0 Å². The van der Waals surface area contributed by atoms with Crippen LogP contribution in [0.4, 0.5) is 10.1 Å². The summed E-state index contributed by atoms with van der Waals surface area (Å²) in [5, 5.41) is 0.272. The van der Waals surface area contributed by atoms with Crippen molar-refractivity contribution in [2.75, 3.05) is 18.0 Å². The molecule has 1 aliphatic rings. The highest BCUT2D eigenvalue weighted by Gasteiger charge is 2.26. The number of nitrogens with zero attached hydrogens (tertiary/aromatic N) is 2. The van der Waals surface area contributed by atoms with Gasteiger partial charge in [-0.25, -0.2) is 12.8 Å². The molecule has 0 radical (unpaired) electrons. The van der Waals surface area contributed by atoms with Crippen molar-refractivity contribution >= 4 is 38.0 Å². The van der Waals surface area contributed by atoms with Gasteiger partial charge in [-0.15, -0.1) is 0 Å². The molecule has 0 N–H and O–H groups in total. The zero-order valence-corrected chi connectivity index (χ0v) is 21.4. The van der Waals surface area contributed by atoms with E-state index in [1.54, 1.807) is 16.7 Å². The van der Waals surface area contributed by atoms with E-state index in [1.165, 1.54) is 30.5 Å². The third-order valence-electron chi connectivity index (χ3n) is 6.71. The second kappa shape index (κ2) is 9.71. The molecule has 1 atom stereocenters. The van der Waals surface area contributed by atoms with Crippen LogP contribution < -0.4 is 10.3 Å². The Morgan fingerprint density at radius 1 is 1.06 bits per heavy atom. The predicted molar refractivity (Wildman–Crippen MR) is 141 cm³/mol. The first-order valence-corrected chi connectivity index (χ1v) is 13.8. The minimum Gasteiger partial charge on any atom is -0.369 e. The number of aromatic nitrogens is 1. The molecule has 1 saturated heterocycles. The first kappa shape index (κ1) is 24.5. The number of halogens is 2. The molecule has 5 rings (SSSR count). The van der Waals surface area contributed by atoms with Gasteiger partial charge < -0.3 is 9.47 Å². The molecule has 0 spiro atoms. The van der Waals surface area contributed by atoms with Crippen LogP contribution in [0.15, 0.2) is 87.5 Å². The van der Waals surface area contributed by atoms with Crippen LogP contribution in [0.1, 0.15) is 25.3 Å². The number of rotatable bonds is 5. The molecule has 2 heterocycles. The van der Waals surface area contributed by atoms with Gasteiger partial charge in [0.05, 0.1) is 21.5 Å². The smallest absolute Gasteiger partial charge is 0.211 e. The van der Waals surface area contributed by atoms with Gasteiger partial charge in [0.25, 0.3) is 0 Å². The number of sulfone groups is 1. The number of hydrogen-bond donors (Lipinski definition) is 0. The molecular formula is C28H26ClFN2O3S. The van der Waals surface area contributed by atoms with Crippen molar-refractivity contribution in [2.45, 2.75) is 36.1 Å². The monoisotopic (exact) mass is 524 g/mol. The number of piperidine rings is 1. The molecule has 0 unspecified atom stereocenters. The topological polar surface area (TPSA) is 59.4 Å². The minimum atomic E-state index is -4.20. The quantitative estimate of drug-likeness (QED) is 0.325. The zero-order valence-electron chi connectivity index (χ0n) is 19.8. The summed E-state index contributed by atoms with van der Waals surface area (Å²) in [7, 11) is -4.20. The maximum Gasteiger partial charge on any atom is 0.211 e. The Hall–Kier alpha value is -3.16. The van der Waals surface area contributed by atoms with Gasteiger partial charge in [-0.05, 0) is 54.7 Å². The molecule has 1 aromatic heterocycles. The van der Waals surface area contributed by atoms with Crippen LogP contribution in [0.25, 0.3) is 10.9 Å².